The topological polar surface area (TPSA) is 18.5 Å². The Morgan fingerprint density at radius 3 is 2.33 bits per heavy atom. The predicted octanol–water partition coefficient (Wildman–Crippen LogP) is 6.01. The molecule has 0 aliphatic rings. The summed E-state index contributed by atoms with van der Waals surface area (Å²) in [5.41, 5.74) is 3.98. The molecule has 24 heavy (non-hydrogen) atoms. The van der Waals surface area contributed by atoms with Crippen LogP contribution in [0.3, 0.4) is 0 Å². The smallest absolute Gasteiger partial charge is 0.192 e. The minimum Gasteiger partial charge on any atom is -0.496 e. The third-order valence-corrected chi connectivity index (χ3v) is 9.25. The van der Waals surface area contributed by atoms with Gasteiger partial charge in [0.1, 0.15) is 5.75 Å². The summed E-state index contributed by atoms with van der Waals surface area (Å²) in [6, 6.07) is 4.05. The largest absolute Gasteiger partial charge is 0.496 e. The molecule has 0 saturated heterocycles. The van der Waals surface area contributed by atoms with Crippen molar-refractivity contribution in [2.24, 2.45) is 0 Å². The zero-order chi connectivity index (χ0) is 18.7. The fourth-order valence-corrected chi connectivity index (χ4v) is 3.70. The summed E-state index contributed by atoms with van der Waals surface area (Å²) in [6.45, 7) is 19.4. The van der Waals surface area contributed by atoms with Gasteiger partial charge in [0.25, 0.3) is 0 Å². The van der Waals surface area contributed by atoms with Gasteiger partial charge >= 0.3 is 0 Å². The molecule has 1 unspecified atom stereocenters. The Morgan fingerprint density at radius 2 is 1.92 bits per heavy atom. The molecule has 0 heterocycles. The Labute approximate surface area is 149 Å². The van der Waals surface area contributed by atoms with Gasteiger partial charge in [-0.2, -0.15) is 0 Å². The van der Waals surface area contributed by atoms with Crippen LogP contribution in [-0.2, 0) is 4.43 Å². The van der Waals surface area contributed by atoms with E-state index in [1.165, 1.54) is 0 Å². The zero-order valence-corrected chi connectivity index (χ0v) is 17.5. The van der Waals surface area contributed by atoms with E-state index in [2.05, 4.69) is 46.4 Å². The van der Waals surface area contributed by atoms with E-state index < -0.39 is 8.32 Å². The number of benzene rings is 1. The lowest BCUT2D eigenvalue weighted by Gasteiger charge is -2.40. The molecule has 1 aromatic carbocycles. The molecule has 0 aromatic heterocycles. The molecule has 0 aliphatic heterocycles. The lowest BCUT2D eigenvalue weighted by molar-refractivity contribution is 0.179. The highest BCUT2D eigenvalue weighted by atomic mass is 28.4. The molecule has 2 nitrogen and oxygen atoms in total. The van der Waals surface area contributed by atoms with Crippen molar-refractivity contribution in [1.29, 1.82) is 0 Å². The Morgan fingerprint density at radius 1 is 1.33 bits per heavy atom. The highest BCUT2D eigenvalue weighted by Crippen LogP contribution is 2.43. The molecule has 1 aromatic rings. The molecule has 0 bridgehead atoms. The third-order valence-electron chi connectivity index (χ3n) is 4.76. The predicted molar refractivity (Wildman–Crippen MR) is 106 cm³/mol. The van der Waals surface area contributed by atoms with Gasteiger partial charge in [-0.15, -0.1) is 13.0 Å². The minimum absolute atomic E-state index is 0.120. The molecule has 1 atom stereocenters. The standard InChI is InChI=1S/C21H32O2Si/c1-11-17-13-16(4)14-18(22-8)20(17)19(12-15(2)3)23-24(9,10)21(5,6)7/h1,13-14,19H,2,12H2,3-10H3. The van der Waals surface area contributed by atoms with Crippen molar-refractivity contribution in [2.45, 2.75) is 65.3 Å². The molecule has 0 amide bonds. The van der Waals surface area contributed by atoms with Crippen LogP contribution in [0, 0.1) is 19.3 Å². The molecule has 0 spiro atoms. The summed E-state index contributed by atoms with van der Waals surface area (Å²) in [5, 5.41) is 0.120. The van der Waals surface area contributed by atoms with E-state index in [0.29, 0.717) is 0 Å². The van der Waals surface area contributed by atoms with E-state index in [9.17, 15) is 0 Å². The van der Waals surface area contributed by atoms with Crippen LogP contribution in [0.4, 0.5) is 0 Å². The maximum atomic E-state index is 6.73. The van der Waals surface area contributed by atoms with Crippen molar-refractivity contribution >= 4 is 8.32 Å². The van der Waals surface area contributed by atoms with Crippen molar-refractivity contribution in [3.63, 3.8) is 0 Å². The van der Waals surface area contributed by atoms with Crippen LogP contribution in [0.2, 0.25) is 18.1 Å². The average Bonchev–Trinajstić information content (AvgIpc) is 2.43. The molecule has 0 fully saturated rings. The lowest BCUT2D eigenvalue weighted by atomic mass is 9.95. The minimum atomic E-state index is -1.97. The van der Waals surface area contributed by atoms with E-state index in [1.807, 2.05) is 26.0 Å². The van der Waals surface area contributed by atoms with Gasteiger partial charge in [-0.1, -0.05) is 32.3 Å². The zero-order valence-electron chi connectivity index (χ0n) is 16.5. The number of rotatable bonds is 6. The van der Waals surface area contributed by atoms with Crippen molar-refractivity contribution in [1.82, 2.24) is 0 Å². The average molecular weight is 345 g/mol. The van der Waals surface area contributed by atoms with Crippen LogP contribution in [0.15, 0.2) is 24.3 Å². The first-order valence-corrected chi connectivity index (χ1v) is 11.3. The Bertz CT molecular complexity index is 645. The Hall–Kier alpha value is -1.50. The van der Waals surface area contributed by atoms with Crippen molar-refractivity contribution in [3.05, 3.63) is 41.0 Å². The fourth-order valence-electron chi connectivity index (χ4n) is 2.44. The Kier molecular flexibility index (Phi) is 6.50. The van der Waals surface area contributed by atoms with Crippen LogP contribution >= 0.6 is 0 Å². The highest BCUT2D eigenvalue weighted by molar-refractivity contribution is 6.74. The molecule has 3 heteroatoms. The van der Waals surface area contributed by atoms with Crippen LogP contribution in [-0.4, -0.2) is 15.4 Å². The summed E-state index contributed by atoms with van der Waals surface area (Å²) >= 11 is 0. The maximum absolute atomic E-state index is 6.73. The maximum Gasteiger partial charge on any atom is 0.192 e. The third kappa shape index (κ3) is 4.75. The van der Waals surface area contributed by atoms with Gasteiger partial charge in [0.2, 0.25) is 0 Å². The second kappa shape index (κ2) is 7.59. The van der Waals surface area contributed by atoms with E-state index in [1.54, 1.807) is 7.11 Å². The number of ether oxygens (including phenoxy) is 1. The number of hydrogen-bond acceptors (Lipinski definition) is 2. The number of methoxy groups -OCH3 is 1. The van der Waals surface area contributed by atoms with Crippen molar-refractivity contribution < 1.29 is 9.16 Å². The van der Waals surface area contributed by atoms with E-state index in [-0.39, 0.29) is 11.1 Å². The normalized spacial score (nSPS) is 13.3. The summed E-state index contributed by atoms with van der Waals surface area (Å²) in [4.78, 5) is 0. The highest BCUT2D eigenvalue weighted by Gasteiger charge is 2.40. The molecule has 0 aliphatic carbocycles. The van der Waals surface area contributed by atoms with Crippen LogP contribution in [0.5, 0.6) is 5.75 Å². The summed E-state index contributed by atoms with van der Waals surface area (Å²) in [5.74, 6) is 3.61. The van der Waals surface area contributed by atoms with Gasteiger partial charge in [0.05, 0.1) is 13.2 Å². The number of hydrogen-bond donors (Lipinski definition) is 0. The van der Waals surface area contributed by atoms with Gasteiger partial charge in [-0.05, 0) is 56.1 Å². The van der Waals surface area contributed by atoms with E-state index in [4.69, 9.17) is 15.6 Å². The quantitative estimate of drug-likeness (QED) is 0.357. The van der Waals surface area contributed by atoms with Gasteiger partial charge in [-0.3, -0.25) is 0 Å². The SMILES string of the molecule is C#Cc1cc(C)cc(OC)c1C(CC(=C)C)O[Si](C)(C)C(C)(C)C. The molecule has 0 saturated carbocycles. The van der Waals surface area contributed by atoms with Crippen LogP contribution in [0.1, 0.15) is 56.9 Å². The Balaban J connectivity index is 3.48. The first-order valence-electron chi connectivity index (χ1n) is 8.40. The number of aryl methyl sites for hydroxylation is 1. The first-order chi connectivity index (χ1) is 10.9. The van der Waals surface area contributed by atoms with E-state index in [0.717, 1.165) is 34.4 Å². The molecular weight excluding hydrogens is 312 g/mol. The second-order valence-electron chi connectivity index (χ2n) is 8.10. The monoisotopic (exact) mass is 344 g/mol. The van der Waals surface area contributed by atoms with Gasteiger partial charge < -0.3 is 9.16 Å². The van der Waals surface area contributed by atoms with Gasteiger partial charge in [-0.25, -0.2) is 0 Å². The molecule has 0 radical (unpaired) electrons. The number of terminal acetylenes is 1. The van der Waals surface area contributed by atoms with Gasteiger partial charge in [0.15, 0.2) is 8.32 Å². The molecule has 1 rings (SSSR count). The second-order valence-corrected chi connectivity index (χ2v) is 12.9. The van der Waals surface area contributed by atoms with Crippen LogP contribution < -0.4 is 4.74 Å². The first kappa shape index (κ1) is 20.5. The van der Waals surface area contributed by atoms with Gasteiger partial charge in [0, 0.05) is 11.1 Å². The fraction of sp³-hybridized carbons (Fsp3) is 0.524. The summed E-state index contributed by atoms with van der Waals surface area (Å²) < 4.78 is 12.4. The lowest BCUT2D eigenvalue weighted by Crippen LogP contribution is -2.42. The van der Waals surface area contributed by atoms with Crippen LogP contribution in [0.25, 0.3) is 0 Å². The van der Waals surface area contributed by atoms with Crippen molar-refractivity contribution in [3.8, 4) is 18.1 Å². The van der Waals surface area contributed by atoms with E-state index >= 15 is 0 Å². The summed E-state index contributed by atoms with van der Waals surface area (Å²) in [6.07, 6.45) is 6.39. The molecule has 0 N–H and O–H groups in total. The molecule has 132 valence electrons. The molecular formula is C21H32O2Si. The summed E-state index contributed by atoms with van der Waals surface area (Å²) in [7, 11) is -0.285. The van der Waals surface area contributed by atoms with Crippen molar-refractivity contribution in [2.75, 3.05) is 7.11 Å².